The zero-order chi connectivity index (χ0) is 13.1. The summed E-state index contributed by atoms with van der Waals surface area (Å²) in [5.41, 5.74) is 6.68. The molecule has 0 saturated heterocycles. The molecule has 6 heteroatoms. The Labute approximate surface area is 120 Å². The van der Waals surface area contributed by atoms with E-state index in [1.807, 2.05) is 24.3 Å². The summed E-state index contributed by atoms with van der Waals surface area (Å²) in [6.45, 7) is 0.574. The Morgan fingerprint density at radius 1 is 1.06 bits per heavy atom. The summed E-state index contributed by atoms with van der Waals surface area (Å²) in [6.07, 6.45) is 0. The van der Waals surface area contributed by atoms with Gasteiger partial charge in [-0.3, -0.25) is 0 Å². The van der Waals surface area contributed by atoms with Crippen molar-refractivity contribution in [1.82, 2.24) is 4.98 Å². The minimum Gasteiger partial charge on any atom is -0.382 e. The summed E-state index contributed by atoms with van der Waals surface area (Å²) in [6, 6.07) is 9.05. The molecule has 0 unspecified atom stereocenters. The maximum absolute atomic E-state index is 6.01. The number of halogens is 3. The molecule has 0 spiro atoms. The van der Waals surface area contributed by atoms with Gasteiger partial charge in [0.05, 0.1) is 10.0 Å². The summed E-state index contributed by atoms with van der Waals surface area (Å²) in [5, 5.41) is 4.57. The van der Waals surface area contributed by atoms with Gasteiger partial charge in [0.25, 0.3) is 0 Å². The van der Waals surface area contributed by atoms with Crippen molar-refractivity contribution in [2.45, 2.75) is 6.54 Å². The third-order valence-corrected chi connectivity index (χ3v) is 3.17. The fraction of sp³-hybridized carbons (Fsp3) is 0.0833. The molecule has 0 amide bonds. The molecule has 3 N–H and O–H groups in total. The van der Waals surface area contributed by atoms with Crippen molar-refractivity contribution < 1.29 is 0 Å². The second-order valence-electron chi connectivity index (χ2n) is 3.67. The average Bonchev–Trinajstić information content (AvgIpc) is 2.34. The number of nitrogens with two attached hydrogens (primary N) is 1. The topological polar surface area (TPSA) is 50.9 Å². The van der Waals surface area contributed by atoms with Crippen LogP contribution in [0, 0.1) is 0 Å². The molecule has 1 aromatic carbocycles. The van der Waals surface area contributed by atoms with E-state index in [2.05, 4.69) is 10.3 Å². The van der Waals surface area contributed by atoms with Crippen molar-refractivity contribution in [3.63, 3.8) is 0 Å². The molecular formula is C12H10Cl3N3. The van der Waals surface area contributed by atoms with Crippen LogP contribution in [0.5, 0.6) is 0 Å². The first-order valence-electron chi connectivity index (χ1n) is 5.16. The highest BCUT2D eigenvalue weighted by Crippen LogP contribution is 2.27. The van der Waals surface area contributed by atoms with Crippen molar-refractivity contribution in [3.8, 4) is 0 Å². The molecule has 2 rings (SSSR count). The molecule has 0 radical (unpaired) electrons. The number of nitrogen functional groups attached to an aromatic ring is 1. The van der Waals surface area contributed by atoms with Gasteiger partial charge < -0.3 is 11.1 Å². The largest absolute Gasteiger partial charge is 0.382 e. The van der Waals surface area contributed by atoms with Crippen LogP contribution in [0.15, 0.2) is 30.3 Å². The van der Waals surface area contributed by atoms with E-state index in [4.69, 9.17) is 40.5 Å². The number of rotatable bonds is 3. The fourth-order valence-electron chi connectivity index (χ4n) is 1.39. The van der Waals surface area contributed by atoms with Gasteiger partial charge in [-0.15, -0.1) is 0 Å². The van der Waals surface area contributed by atoms with Crippen molar-refractivity contribution in [1.29, 1.82) is 0 Å². The molecule has 0 saturated carbocycles. The molecule has 0 aliphatic rings. The van der Waals surface area contributed by atoms with Gasteiger partial charge in [-0.1, -0.05) is 46.9 Å². The van der Waals surface area contributed by atoms with E-state index in [1.54, 1.807) is 6.07 Å². The van der Waals surface area contributed by atoms with E-state index in [9.17, 15) is 0 Å². The van der Waals surface area contributed by atoms with Crippen LogP contribution in [-0.2, 0) is 6.54 Å². The Balaban J connectivity index is 2.10. The average molecular weight is 303 g/mol. The number of pyridine rings is 1. The normalized spacial score (nSPS) is 10.4. The summed E-state index contributed by atoms with van der Waals surface area (Å²) >= 11 is 17.6. The predicted molar refractivity (Wildman–Crippen MR) is 77.4 cm³/mol. The number of nitrogens with one attached hydrogen (secondary N) is 1. The molecule has 0 fully saturated rings. The predicted octanol–water partition coefficient (Wildman–Crippen LogP) is 4.24. The molecule has 3 nitrogen and oxygen atoms in total. The van der Waals surface area contributed by atoms with Crippen LogP contribution in [0.4, 0.5) is 11.6 Å². The molecule has 1 aromatic heterocycles. The third-order valence-electron chi connectivity index (χ3n) is 2.33. The SMILES string of the molecule is Nc1nc(NCc2ccc(Cl)cc2)c(Cl)cc1Cl. The maximum atomic E-state index is 6.01. The van der Waals surface area contributed by atoms with Crippen molar-refractivity contribution in [3.05, 3.63) is 51.0 Å². The zero-order valence-electron chi connectivity index (χ0n) is 9.25. The van der Waals surface area contributed by atoms with Crippen LogP contribution >= 0.6 is 34.8 Å². The van der Waals surface area contributed by atoms with Crippen LogP contribution < -0.4 is 11.1 Å². The summed E-state index contributed by atoms with van der Waals surface area (Å²) < 4.78 is 0. The van der Waals surface area contributed by atoms with Crippen molar-refractivity contribution >= 4 is 46.4 Å². The second-order valence-corrected chi connectivity index (χ2v) is 4.92. The summed E-state index contributed by atoms with van der Waals surface area (Å²) in [7, 11) is 0. The van der Waals surface area contributed by atoms with E-state index in [-0.39, 0.29) is 5.82 Å². The molecule has 0 aliphatic heterocycles. The monoisotopic (exact) mass is 301 g/mol. The fourth-order valence-corrected chi connectivity index (χ4v) is 1.94. The first-order chi connectivity index (χ1) is 8.56. The Morgan fingerprint density at radius 3 is 2.39 bits per heavy atom. The molecule has 0 aliphatic carbocycles. The lowest BCUT2D eigenvalue weighted by molar-refractivity contribution is 1.11. The van der Waals surface area contributed by atoms with Gasteiger partial charge in [0.2, 0.25) is 0 Å². The van der Waals surface area contributed by atoms with Crippen molar-refractivity contribution in [2.75, 3.05) is 11.1 Å². The van der Waals surface area contributed by atoms with Gasteiger partial charge in [0, 0.05) is 11.6 Å². The number of aromatic nitrogens is 1. The van der Waals surface area contributed by atoms with Crippen molar-refractivity contribution in [2.24, 2.45) is 0 Å². The maximum Gasteiger partial charge on any atom is 0.147 e. The Bertz CT molecular complexity index is 555. The number of nitrogens with zero attached hydrogens (tertiary/aromatic N) is 1. The molecule has 18 heavy (non-hydrogen) atoms. The van der Waals surface area contributed by atoms with Crippen LogP contribution in [0.2, 0.25) is 15.1 Å². The molecule has 0 atom stereocenters. The lowest BCUT2D eigenvalue weighted by Crippen LogP contribution is -2.04. The van der Waals surface area contributed by atoms with Gasteiger partial charge in [0.1, 0.15) is 11.6 Å². The number of anilines is 2. The summed E-state index contributed by atoms with van der Waals surface area (Å²) in [4.78, 5) is 4.08. The Kier molecular flexibility index (Phi) is 4.17. The van der Waals surface area contributed by atoms with Gasteiger partial charge >= 0.3 is 0 Å². The molecule has 2 aromatic rings. The molecule has 1 heterocycles. The number of hydrogen-bond donors (Lipinski definition) is 2. The van der Waals surface area contributed by atoms with Gasteiger partial charge in [-0.2, -0.15) is 0 Å². The van der Waals surface area contributed by atoms with Crippen LogP contribution in [-0.4, -0.2) is 4.98 Å². The minimum atomic E-state index is 0.250. The number of benzene rings is 1. The van der Waals surface area contributed by atoms with Crippen LogP contribution in [0.1, 0.15) is 5.56 Å². The molecule has 94 valence electrons. The first kappa shape index (κ1) is 13.3. The van der Waals surface area contributed by atoms with E-state index < -0.39 is 0 Å². The molecular weight excluding hydrogens is 293 g/mol. The minimum absolute atomic E-state index is 0.250. The van der Waals surface area contributed by atoms with E-state index >= 15 is 0 Å². The summed E-state index contributed by atoms with van der Waals surface area (Å²) in [5.74, 6) is 0.758. The zero-order valence-corrected chi connectivity index (χ0v) is 11.5. The highest BCUT2D eigenvalue weighted by molar-refractivity contribution is 6.37. The van der Waals surface area contributed by atoms with Gasteiger partial charge in [-0.05, 0) is 23.8 Å². The Morgan fingerprint density at radius 2 is 1.72 bits per heavy atom. The quantitative estimate of drug-likeness (QED) is 0.892. The van der Waals surface area contributed by atoms with Gasteiger partial charge in [-0.25, -0.2) is 4.98 Å². The Hall–Kier alpha value is -1.16. The first-order valence-corrected chi connectivity index (χ1v) is 6.29. The highest BCUT2D eigenvalue weighted by Gasteiger charge is 2.06. The van der Waals surface area contributed by atoms with E-state index in [0.717, 1.165) is 5.56 Å². The van der Waals surface area contributed by atoms with Crippen LogP contribution in [0.25, 0.3) is 0 Å². The standard InChI is InChI=1S/C12H10Cl3N3/c13-8-3-1-7(2-4-8)6-17-12-10(15)5-9(14)11(16)18-12/h1-5H,6H2,(H3,16,17,18). The van der Waals surface area contributed by atoms with E-state index in [1.165, 1.54) is 0 Å². The van der Waals surface area contributed by atoms with E-state index in [0.29, 0.717) is 27.4 Å². The molecule has 0 bridgehead atoms. The number of hydrogen-bond acceptors (Lipinski definition) is 3. The lowest BCUT2D eigenvalue weighted by atomic mass is 10.2. The second kappa shape index (κ2) is 5.65. The lowest BCUT2D eigenvalue weighted by Gasteiger charge is -2.09. The highest BCUT2D eigenvalue weighted by atomic mass is 35.5. The van der Waals surface area contributed by atoms with Crippen LogP contribution in [0.3, 0.4) is 0 Å². The smallest absolute Gasteiger partial charge is 0.147 e. The van der Waals surface area contributed by atoms with Gasteiger partial charge in [0.15, 0.2) is 0 Å². The third kappa shape index (κ3) is 3.19.